The Hall–Kier alpha value is -2.97. The van der Waals surface area contributed by atoms with E-state index in [4.69, 9.17) is 4.74 Å². The van der Waals surface area contributed by atoms with Crippen molar-refractivity contribution in [1.82, 2.24) is 15.5 Å². The number of aryl methyl sites for hydroxylation is 1. The summed E-state index contributed by atoms with van der Waals surface area (Å²) in [6.45, 7) is 6.21. The van der Waals surface area contributed by atoms with Crippen LogP contribution in [0, 0.1) is 5.82 Å². The molecular formula is C33H46FN3O4. The number of nitrogens with zero attached hydrogens (tertiary/aromatic N) is 1. The Kier molecular flexibility index (Phi) is 11.2. The molecule has 2 atom stereocenters. The Labute approximate surface area is 243 Å². The summed E-state index contributed by atoms with van der Waals surface area (Å²) in [5.41, 5.74) is 2.97. The minimum Gasteiger partial charge on any atom is -0.493 e. The molecule has 0 aromatic heterocycles. The lowest BCUT2D eigenvalue weighted by atomic mass is 9.98. The van der Waals surface area contributed by atoms with Crippen LogP contribution in [0.25, 0.3) is 0 Å². The highest BCUT2D eigenvalue weighted by Crippen LogP contribution is 2.45. The molecule has 2 aromatic rings. The fourth-order valence-electron chi connectivity index (χ4n) is 5.65. The second-order valence-corrected chi connectivity index (χ2v) is 11.5. The molecule has 2 aromatic carbocycles. The molecule has 1 heterocycles. The third-order valence-corrected chi connectivity index (χ3v) is 8.22. The molecule has 3 N–H and O–H groups in total. The third kappa shape index (κ3) is 9.01. The van der Waals surface area contributed by atoms with Gasteiger partial charge in [-0.05, 0) is 80.2 Å². The number of aliphatic hydroxyl groups excluding tert-OH is 1. The van der Waals surface area contributed by atoms with Gasteiger partial charge in [0, 0.05) is 44.1 Å². The first-order valence-corrected chi connectivity index (χ1v) is 15.3. The van der Waals surface area contributed by atoms with Crippen LogP contribution in [-0.4, -0.2) is 60.2 Å². The molecular weight excluding hydrogens is 521 g/mol. The van der Waals surface area contributed by atoms with Crippen molar-refractivity contribution in [2.45, 2.75) is 95.7 Å². The molecule has 8 heteroatoms. The molecule has 2 bridgehead atoms. The van der Waals surface area contributed by atoms with Crippen LogP contribution < -0.4 is 15.4 Å². The quantitative estimate of drug-likeness (QED) is 0.433. The van der Waals surface area contributed by atoms with Gasteiger partial charge in [-0.3, -0.25) is 9.59 Å². The maximum Gasteiger partial charge on any atom is 0.222 e. The summed E-state index contributed by atoms with van der Waals surface area (Å²) in [5.74, 6) is -0.157. The lowest BCUT2D eigenvalue weighted by Gasteiger charge is -2.27. The molecule has 7 nitrogen and oxygen atoms in total. The summed E-state index contributed by atoms with van der Waals surface area (Å²) < 4.78 is 20.4. The Morgan fingerprint density at radius 3 is 2.71 bits per heavy atom. The first-order chi connectivity index (χ1) is 19.8. The largest absolute Gasteiger partial charge is 0.493 e. The van der Waals surface area contributed by atoms with Gasteiger partial charge in [0.25, 0.3) is 0 Å². The van der Waals surface area contributed by atoms with Crippen molar-refractivity contribution >= 4 is 11.8 Å². The lowest BCUT2D eigenvalue weighted by molar-refractivity contribution is -0.131. The summed E-state index contributed by atoms with van der Waals surface area (Å²) >= 11 is 0. The Bertz CT molecular complexity index is 1170. The molecule has 224 valence electrons. The molecule has 2 unspecified atom stereocenters. The van der Waals surface area contributed by atoms with Crippen molar-refractivity contribution in [1.29, 1.82) is 0 Å². The van der Waals surface area contributed by atoms with E-state index in [0.717, 1.165) is 38.5 Å². The molecule has 4 rings (SSSR count). The molecule has 41 heavy (non-hydrogen) atoms. The molecule has 2 aliphatic rings. The first-order valence-electron chi connectivity index (χ1n) is 15.3. The summed E-state index contributed by atoms with van der Waals surface area (Å²) in [5, 5.41) is 17.9. The zero-order valence-corrected chi connectivity index (χ0v) is 24.6. The minimum atomic E-state index is -0.901. The highest BCUT2D eigenvalue weighted by molar-refractivity contribution is 5.79. The van der Waals surface area contributed by atoms with Gasteiger partial charge in [0.1, 0.15) is 11.6 Å². The number of carbonyl (C=O) groups excluding carboxylic acids is 2. The maximum atomic E-state index is 14.6. The standard InChI is InChI=1S/C33H46FN3O4/c1-3-15-37-16-5-6-17-41-28-20-25(19-27(34)22-28)21-29(36-31(39)11-8-12-32(37)40)30(38)23-35-33(13-14-33)26-10-7-9-24(4-2)18-26/h7,9-10,18-20,22,29-30,35,38H,3-6,8,11-17,21,23H2,1-2H3,(H,36,39). The van der Waals surface area contributed by atoms with Crippen LogP contribution in [-0.2, 0) is 28.0 Å². The van der Waals surface area contributed by atoms with E-state index in [1.807, 2.05) is 11.8 Å². The average Bonchev–Trinajstić information content (AvgIpc) is 3.75. The van der Waals surface area contributed by atoms with E-state index < -0.39 is 18.0 Å². The van der Waals surface area contributed by atoms with Crippen molar-refractivity contribution in [3.63, 3.8) is 0 Å². The third-order valence-electron chi connectivity index (χ3n) is 8.22. The molecule has 2 amide bonds. The predicted molar refractivity (Wildman–Crippen MR) is 158 cm³/mol. The summed E-state index contributed by atoms with van der Waals surface area (Å²) in [7, 11) is 0. The highest BCUT2D eigenvalue weighted by Gasteiger charge is 2.44. The van der Waals surface area contributed by atoms with Gasteiger partial charge in [0.05, 0.1) is 18.8 Å². The van der Waals surface area contributed by atoms with Crippen LogP contribution in [0.15, 0.2) is 42.5 Å². The molecule has 1 aliphatic heterocycles. The number of rotatable bonds is 8. The highest BCUT2D eigenvalue weighted by atomic mass is 19.1. The first kappa shape index (κ1) is 31.0. The van der Waals surface area contributed by atoms with Crippen LogP contribution >= 0.6 is 0 Å². The van der Waals surface area contributed by atoms with Crippen LogP contribution in [0.1, 0.15) is 81.9 Å². The SMILES string of the molecule is CCCN1CCCCOc2cc(F)cc(c2)CC(C(O)CNC2(c3cccc(CC)c3)CC2)NC(=O)CCCC1=O. The van der Waals surface area contributed by atoms with Crippen molar-refractivity contribution in [2.24, 2.45) is 0 Å². The van der Waals surface area contributed by atoms with E-state index in [0.29, 0.717) is 43.9 Å². The number of benzene rings is 2. The Morgan fingerprint density at radius 2 is 1.95 bits per heavy atom. The molecule has 0 spiro atoms. The maximum absolute atomic E-state index is 14.6. The normalized spacial score (nSPS) is 21.0. The number of aliphatic hydroxyl groups is 1. The Morgan fingerprint density at radius 1 is 1.12 bits per heavy atom. The molecule has 1 saturated carbocycles. The van der Waals surface area contributed by atoms with Crippen LogP contribution in [0.4, 0.5) is 4.39 Å². The second kappa shape index (κ2) is 14.8. The number of nitrogens with one attached hydrogen (secondary N) is 2. The topological polar surface area (TPSA) is 90.9 Å². The number of carbonyl (C=O) groups is 2. The summed E-state index contributed by atoms with van der Waals surface area (Å²) in [6, 6.07) is 12.5. The van der Waals surface area contributed by atoms with Gasteiger partial charge in [-0.15, -0.1) is 0 Å². The average molecular weight is 568 g/mol. The van der Waals surface area contributed by atoms with E-state index in [9.17, 15) is 19.1 Å². The van der Waals surface area contributed by atoms with E-state index in [1.54, 1.807) is 6.07 Å². The molecule has 0 radical (unpaired) electrons. The monoisotopic (exact) mass is 567 g/mol. The second-order valence-electron chi connectivity index (χ2n) is 11.5. The lowest BCUT2D eigenvalue weighted by Crippen LogP contribution is -2.50. The van der Waals surface area contributed by atoms with E-state index in [2.05, 4.69) is 41.8 Å². The van der Waals surface area contributed by atoms with Gasteiger partial charge >= 0.3 is 0 Å². The molecule has 0 saturated heterocycles. The smallest absolute Gasteiger partial charge is 0.222 e. The van der Waals surface area contributed by atoms with Gasteiger partial charge in [-0.2, -0.15) is 0 Å². The van der Waals surface area contributed by atoms with Gasteiger partial charge in [0.15, 0.2) is 0 Å². The number of amides is 2. The zero-order valence-electron chi connectivity index (χ0n) is 24.6. The van der Waals surface area contributed by atoms with Crippen molar-refractivity contribution in [3.8, 4) is 5.75 Å². The predicted octanol–water partition coefficient (Wildman–Crippen LogP) is 4.64. The number of hydrogen-bond acceptors (Lipinski definition) is 5. The Balaban J connectivity index is 1.48. The number of ether oxygens (including phenoxy) is 1. The zero-order chi connectivity index (χ0) is 29.2. The van der Waals surface area contributed by atoms with Crippen LogP contribution in [0.3, 0.4) is 0 Å². The van der Waals surface area contributed by atoms with Crippen molar-refractivity contribution in [3.05, 3.63) is 65.0 Å². The van der Waals surface area contributed by atoms with Crippen molar-refractivity contribution < 1.29 is 23.8 Å². The minimum absolute atomic E-state index is 0.0567. The van der Waals surface area contributed by atoms with Gasteiger partial charge in [0.2, 0.25) is 11.8 Å². The number of hydrogen-bond donors (Lipinski definition) is 3. The van der Waals surface area contributed by atoms with E-state index in [-0.39, 0.29) is 36.7 Å². The fourth-order valence-corrected chi connectivity index (χ4v) is 5.65. The van der Waals surface area contributed by atoms with Gasteiger partial charge in [-0.1, -0.05) is 38.1 Å². The van der Waals surface area contributed by atoms with Crippen LogP contribution in [0.5, 0.6) is 5.75 Å². The van der Waals surface area contributed by atoms with Gasteiger partial charge < -0.3 is 25.4 Å². The van der Waals surface area contributed by atoms with Gasteiger partial charge in [-0.25, -0.2) is 4.39 Å². The van der Waals surface area contributed by atoms with E-state index >= 15 is 0 Å². The number of fused-ring (bicyclic) bond motifs is 2. The number of halogens is 1. The molecule has 1 aliphatic carbocycles. The van der Waals surface area contributed by atoms with Crippen molar-refractivity contribution in [2.75, 3.05) is 26.2 Å². The fraction of sp³-hybridized carbons (Fsp3) is 0.576. The summed E-state index contributed by atoms with van der Waals surface area (Å²) in [4.78, 5) is 27.7. The van der Waals surface area contributed by atoms with Crippen LogP contribution in [0.2, 0.25) is 0 Å². The molecule has 1 fully saturated rings. The van der Waals surface area contributed by atoms with E-state index in [1.165, 1.54) is 23.3 Å². The summed E-state index contributed by atoms with van der Waals surface area (Å²) in [6.07, 6.45) is 5.63.